The number of carbonyl (C=O) groups excluding carboxylic acids is 1. The molecule has 1 heterocycles. The molecule has 1 aliphatic rings. The largest absolute Gasteiger partial charge is 0.378 e. The molecule has 0 aliphatic carbocycles. The third kappa shape index (κ3) is 5.09. The zero-order valence-electron chi connectivity index (χ0n) is 12.5. The van der Waals surface area contributed by atoms with Crippen molar-refractivity contribution in [3.05, 3.63) is 33.8 Å². The van der Waals surface area contributed by atoms with Gasteiger partial charge in [0.15, 0.2) is 0 Å². The molecule has 1 aromatic carbocycles. The molecule has 0 radical (unpaired) electrons. The van der Waals surface area contributed by atoms with Crippen LogP contribution < -0.4 is 10.6 Å². The predicted octanol–water partition coefficient (Wildman–Crippen LogP) is 2.65. The Morgan fingerprint density at radius 1 is 1.43 bits per heavy atom. The van der Waals surface area contributed by atoms with Crippen molar-refractivity contribution in [3.8, 4) is 0 Å². The highest BCUT2D eigenvalue weighted by Gasteiger charge is 2.13. The molecule has 0 spiro atoms. The van der Waals surface area contributed by atoms with Crippen LogP contribution >= 0.6 is 15.9 Å². The van der Waals surface area contributed by atoms with E-state index >= 15 is 0 Å². The van der Waals surface area contributed by atoms with Gasteiger partial charge in [0.05, 0.1) is 6.10 Å². The van der Waals surface area contributed by atoms with Gasteiger partial charge >= 0.3 is 0 Å². The van der Waals surface area contributed by atoms with Crippen molar-refractivity contribution in [2.24, 2.45) is 0 Å². The van der Waals surface area contributed by atoms with Crippen molar-refractivity contribution in [1.82, 2.24) is 10.6 Å². The van der Waals surface area contributed by atoms with Crippen molar-refractivity contribution >= 4 is 21.8 Å². The van der Waals surface area contributed by atoms with Crippen molar-refractivity contribution in [3.63, 3.8) is 0 Å². The second-order valence-electron chi connectivity index (χ2n) is 5.34. The first-order valence-corrected chi connectivity index (χ1v) is 8.33. The second-order valence-corrected chi connectivity index (χ2v) is 6.20. The van der Waals surface area contributed by atoms with E-state index in [0.717, 1.165) is 48.0 Å². The van der Waals surface area contributed by atoms with Crippen LogP contribution in [0.15, 0.2) is 22.7 Å². The van der Waals surface area contributed by atoms with E-state index in [0.29, 0.717) is 19.3 Å². The van der Waals surface area contributed by atoms with Crippen LogP contribution in [0.2, 0.25) is 0 Å². The van der Waals surface area contributed by atoms with E-state index in [1.54, 1.807) is 0 Å². The van der Waals surface area contributed by atoms with Crippen molar-refractivity contribution in [1.29, 1.82) is 0 Å². The number of halogens is 1. The minimum atomic E-state index is -0.0179. The summed E-state index contributed by atoms with van der Waals surface area (Å²) in [6.45, 7) is 5.39. The Kier molecular flexibility index (Phi) is 6.67. The van der Waals surface area contributed by atoms with Gasteiger partial charge in [-0.25, -0.2) is 0 Å². The Hall–Kier alpha value is -0.910. The van der Waals surface area contributed by atoms with Crippen molar-refractivity contribution < 1.29 is 9.53 Å². The molecule has 1 fully saturated rings. The average Bonchev–Trinajstić information content (AvgIpc) is 2.50. The number of carbonyl (C=O) groups is 1. The molecular weight excluding hydrogens is 332 g/mol. The molecule has 0 atom stereocenters. The van der Waals surface area contributed by atoms with Gasteiger partial charge in [0.25, 0.3) is 5.91 Å². The highest BCUT2D eigenvalue weighted by molar-refractivity contribution is 9.10. The minimum Gasteiger partial charge on any atom is -0.378 e. The fraction of sp³-hybridized carbons (Fsp3) is 0.562. The molecule has 5 heteroatoms. The average molecular weight is 355 g/mol. The fourth-order valence-corrected chi connectivity index (χ4v) is 2.80. The molecule has 4 nitrogen and oxygen atoms in total. The summed E-state index contributed by atoms with van der Waals surface area (Å²) in [4.78, 5) is 12.1. The maximum Gasteiger partial charge on any atom is 0.251 e. The molecule has 0 unspecified atom stereocenters. The van der Waals surface area contributed by atoms with Crippen LogP contribution in [-0.4, -0.2) is 38.3 Å². The normalized spacial score (nSPS) is 15.9. The van der Waals surface area contributed by atoms with E-state index in [9.17, 15) is 4.79 Å². The molecule has 21 heavy (non-hydrogen) atoms. The van der Waals surface area contributed by atoms with Gasteiger partial charge in [0, 0.05) is 23.2 Å². The zero-order valence-corrected chi connectivity index (χ0v) is 14.0. The molecule has 2 rings (SSSR count). The molecule has 1 aromatic rings. The highest BCUT2D eigenvalue weighted by atomic mass is 79.9. The molecule has 1 aliphatic heterocycles. The summed E-state index contributed by atoms with van der Waals surface area (Å²) in [5, 5.41) is 6.27. The second kappa shape index (κ2) is 8.51. The summed E-state index contributed by atoms with van der Waals surface area (Å²) in [6.07, 6.45) is 3.41. The zero-order chi connectivity index (χ0) is 15.1. The molecule has 0 bridgehead atoms. The monoisotopic (exact) mass is 354 g/mol. The van der Waals surface area contributed by atoms with Crippen LogP contribution in [0.5, 0.6) is 0 Å². The fourth-order valence-electron chi connectivity index (χ4n) is 2.43. The Labute approximate surface area is 134 Å². The quantitative estimate of drug-likeness (QED) is 0.772. The van der Waals surface area contributed by atoms with E-state index in [1.165, 1.54) is 0 Å². The van der Waals surface area contributed by atoms with E-state index in [1.807, 2.05) is 25.1 Å². The van der Waals surface area contributed by atoms with Gasteiger partial charge in [-0.3, -0.25) is 4.79 Å². The lowest BCUT2D eigenvalue weighted by molar-refractivity contribution is 0.0318. The number of benzene rings is 1. The number of rotatable bonds is 6. The van der Waals surface area contributed by atoms with Gasteiger partial charge < -0.3 is 15.4 Å². The molecule has 0 saturated carbocycles. The van der Waals surface area contributed by atoms with Gasteiger partial charge in [-0.1, -0.05) is 22.0 Å². The molecule has 1 amide bonds. The maximum atomic E-state index is 12.1. The van der Waals surface area contributed by atoms with Crippen molar-refractivity contribution in [2.75, 3.05) is 26.2 Å². The van der Waals surface area contributed by atoms with Crippen molar-refractivity contribution in [2.45, 2.75) is 32.3 Å². The topological polar surface area (TPSA) is 50.4 Å². The Morgan fingerprint density at radius 2 is 2.19 bits per heavy atom. The third-order valence-electron chi connectivity index (χ3n) is 3.76. The highest BCUT2D eigenvalue weighted by Crippen LogP contribution is 2.19. The first kappa shape index (κ1) is 16.5. The molecule has 1 saturated heterocycles. The molecule has 2 N–H and O–H groups in total. The minimum absolute atomic E-state index is 0.0179. The van der Waals surface area contributed by atoms with Gasteiger partial charge in [0.1, 0.15) is 0 Å². The number of piperidine rings is 1. The lowest BCUT2D eigenvalue weighted by Crippen LogP contribution is -2.33. The van der Waals surface area contributed by atoms with Gasteiger partial charge in [-0.2, -0.15) is 0 Å². The number of hydrogen-bond donors (Lipinski definition) is 2. The molecule has 116 valence electrons. The summed E-state index contributed by atoms with van der Waals surface area (Å²) < 4.78 is 6.78. The summed E-state index contributed by atoms with van der Waals surface area (Å²) >= 11 is 3.45. The standard InChI is InChI=1S/C16H23BrN2O2/c1-12-14(4-2-5-15(12)17)16(20)19-8-3-11-21-13-6-9-18-10-7-13/h2,4-5,13,18H,3,6-11H2,1H3,(H,19,20). The maximum absolute atomic E-state index is 12.1. The summed E-state index contributed by atoms with van der Waals surface area (Å²) in [7, 11) is 0. The van der Waals surface area contributed by atoms with Gasteiger partial charge in [-0.05, 0) is 57.0 Å². The number of amides is 1. The summed E-state index contributed by atoms with van der Waals surface area (Å²) in [5.41, 5.74) is 1.70. The number of hydrogen-bond acceptors (Lipinski definition) is 3. The van der Waals surface area contributed by atoms with Gasteiger partial charge in [-0.15, -0.1) is 0 Å². The van der Waals surface area contributed by atoms with Crippen LogP contribution in [0, 0.1) is 6.92 Å². The Bertz CT molecular complexity index is 473. The van der Waals surface area contributed by atoms with Crippen LogP contribution in [0.4, 0.5) is 0 Å². The van der Waals surface area contributed by atoms with Crippen LogP contribution in [0.25, 0.3) is 0 Å². The van der Waals surface area contributed by atoms with E-state index in [-0.39, 0.29) is 5.91 Å². The SMILES string of the molecule is Cc1c(Br)cccc1C(=O)NCCCOC1CCNCC1. The first-order chi connectivity index (χ1) is 10.2. The molecule has 0 aromatic heterocycles. The lowest BCUT2D eigenvalue weighted by Gasteiger charge is -2.22. The first-order valence-electron chi connectivity index (χ1n) is 7.54. The molecular formula is C16H23BrN2O2. The smallest absolute Gasteiger partial charge is 0.251 e. The number of nitrogens with one attached hydrogen (secondary N) is 2. The Balaban J connectivity index is 1.66. The predicted molar refractivity (Wildman–Crippen MR) is 87.7 cm³/mol. The van der Waals surface area contributed by atoms with Crippen LogP contribution in [-0.2, 0) is 4.74 Å². The van der Waals surface area contributed by atoms with Crippen LogP contribution in [0.3, 0.4) is 0 Å². The van der Waals surface area contributed by atoms with E-state index in [4.69, 9.17) is 4.74 Å². The number of ether oxygens (including phenoxy) is 1. The third-order valence-corrected chi connectivity index (χ3v) is 4.62. The Morgan fingerprint density at radius 3 is 2.95 bits per heavy atom. The van der Waals surface area contributed by atoms with E-state index in [2.05, 4.69) is 26.6 Å². The van der Waals surface area contributed by atoms with E-state index < -0.39 is 0 Å². The van der Waals surface area contributed by atoms with Gasteiger partial charge in [0.2, 0.25) is 0 Å². The summed E-state index contributed by atoms with van der Waals surface area (Å²) in [6, 6.07) is 5.67. The van der Waals surface area contributed by atoms with Crippen LogP contribution in [0.1, 0.15) is 35.2 Å². The lowest BCUT2D eigenvalue weighted by atomic mass is 10.1. The summed E-state index contributed by atoms with van der Waals surface area (Å²) in [5.74, 6) is -0.0179.